The normalized spacial score (nSPS) is 11.4. The first-order valence-electron chi connectivity index (χ1n) is 3.62. The number of hydrogen-bond donors (Lipinski definition) is 0. The van der Waals surface area contributed by atoms with E-state index in [9.17, 15) is 18.5 Å². The minimum Gasteiger partial charge on any atom is -0.258 e. The lowest BCUT2D eigenvalue weighted by Crippen LogP contribution is -1.99. The predicted molar refractivity (Wildman–Crippen MR) is 63.6 cm³/mol. The molecule has 0 heterocycles. The van der Waals surface area contributed by atoms with Gasteiger partial charge >= 0.3 is 0 Å². The van der Waals surface area contributed by atoms with Gasteiger partial charge in [-0.3, -0.25) is 10.1 Å². The van der Waals surface area contributed by atoms with E-state index >= 15 is 0 Å². The molecular formula is C7H5ClINO4S. The Kier molecular flexibility index (Phi) is 3.56. The molecule has 0 spiro atoms. The van der Waals surface area contributed by atoms with Gasteiger partial charge in [0.15, 0.2) is 0 Å². The monoisotopic (exact) mass is 361 g/mol. The Hall–Kier alpha value is -0.410. The Labute approximate surface area is 104 Å². The molecule has 0 aliphatic rings. The second-order valence-corrected chi connectivity index (χ2v) is 6.38. The highest BCUT2D eigenvalue weighted by molar-refractivity contribution is 14.1. The quantitative estimate of drug-likeness (QED) is 0.351. The van der Waals surface area contributed by atoms with E-state index in [1.54, 1.807) is 29.5 Å². The lowest BCUT2D eigenvalue weighted by atomic mass is 10.2. The first kappa shape index (κ1) is 12.7. The molecule has 0 unspecified atom stereocenters. The van der Waals surface area contributed by atoms with Crippen molar-refractivity contribution in [2.45, 2.75) is 11.8 Å². The third-order valence-corrected chi connectivity index (χ3v) is 4.82. The molecule has 0 amide bonds. The highest BCUT2D eigenvalue weighted by Crippen LogP contribution is 2.29. The van der Waals surface area contributed by atoms with E-state index in [0.717, 1.165) is 6.07 Å². The van der Waals surface area contributed by atoms with Crippen molar-refractivity contribution in [3.05, 3.63) is 31.4 Å². The summed E-state index contributed by atoms with van der Waals surface area (Å²) in [5.74, 6) is 0. The number of nitro benzene ring substituents is 1. The largest absolute Gasteiger partial charge is 0.271 e. The predicted octanol–water partition coefficient (Wildman–Crippen LogP) is 2.44. The minimum absolute atomic E-state index is 0.225. The van der Waals surface area contributed by atoms with Crippen LogP contribution in [0, 0.1) is 20.6 Å². The maximum absolute atomic E-state index is 11.1. The summed E-state index contributed by atoms with van der Waals surface area (Å²) in [6.45, 7) is 1.58. The van der Waals surface area contributed by atoms with Gasteiger partial charge in [-0.15, -0.1) is 0 Å². The summed E-state index contributed by atoms with van der Waals surface area (Å²) in [6, 6.07) is 2.25. The van der Waals surface area contributed by atoms with E-state index in [1.807, 2.05) is 0 Å². The summed E-state index contributed by atoms with van der Waals surface area (Å²) in [6.07, 6.45) is 0. The second-order valence-electron chi connectivity index (χ2n) is 2.77. The van der Waals surface area contributed by atoms with Crippen molar-refractivity contribution >= 4 is 48.0 Å². The molecule has 0 atom stereocenters. The van der Waals surface area contributed by atoms with E-state index in [0.29, 0.717) is 9.13 Å². The Morgan fingerprint density at radius 2 is 2.00 bits per heavy atom. The Morgan fingerprint density at radius 1 is 1.47 bits per heavy atom. The standard InChI is InChI=1S/C7H5ClINO4S/c1-4-2-5(10(11)12)3-6(7(4)9)15(8,13)14/h2-3H,1H3. The van der Waals surface area contributed by atoms with Crippen LogP contribution in [0.5, 0.6) is 0 Å². The van der Waals surface area contributed by atoms with Crippen LogP contribution < -0.4 is 0 Å². The molecule has 0 aromatic heterocycles. The molecule has 0 aliphatic carbocycles. The number of nitro groups is 1. The molecule has 0 saturated heterocycles. The van der Waals surface area contributed by atoms with Gasteiger partial charge in [-0.25, -0.2) is 8.42 Å². The molecule has 8 heteroatoms. The number of benzene rings is 1. The van der Waals surface area contributed by atoms with Crippen molar-refractivity contribution < 1.29 is 13.3 Å². The van der Waals surface area contributed by atoms with E-state index in [1.165, 1.54) is 6.07 Å². The van der Waals surface area contributed by atoms with E-state index < -0.39 is 14.0 Å². The van der Waals surface area contributed by atoms with Crippen LogP contribution in [0.2, 0.25) is 0 Å². The molecule has 0 bridgehead atoms. The fourth-order valence-corrected chi connectivity index (χ4v) is 3.57. The Bertz CT molecular complexity index is 528. The van der Waals surface area contributed by atoms with E-state index in [2.05, 4.69) is 0 Å². The SMILES string of the molecule is Cc1cc([N+](=O)[O-])cc(S(=O)(=O)Cl)c1I. The maximum atomic E-state index is 11.1. The average molecular weight is 362 g/mol. The molecule has 0 radical (unpaired) electrons. The molecule has 0 saturated carbocycles. The van der Waals surface area contributed by atoms with Gasteiger partial charge in [0.25, 0.3) is 14.7 Å². The van der Waals surface area contributed by atoms with E-state index in [-0.39, 0.29) is 10.6 Å². The van der Waals surface area contributed by atoms with Crippen LogP contribution in [0.1, 0.15) is 5.56 Å². The van der Waals surface area contributed by atoms with Crippen LogP contribution in [0.25, 0.3) is 0 Å². The molecule has 1 aromatic carbocycles. The maximum Gasteiger partial charge on any atom is 0.271 e. The fraction of sp³-hybridized carbons (Fsp3) is 0.143. The van der Waals surface area contributed by atoms with Crippen molar-refractivity contribution in [1.29, 1.82) is 0 Å². The third kappa shape index (κ3) is 2.79. The summed E-state index contributed by atoms with van der Waals surface area (Å²) in [7, 11) is 1.21. The highest BCUT2D eigenvalue weighted by atomic mass is 127. The lowest BCUT2D eigenvalue weighted by molar-refractivity contribution is -0.385. The lowest BCUT2D eigenvalue weighted by Gasteiger charge is -2.03. The van der Waals surface area contributed by atoms with Crippen molar-refractivity contribution in [1.82, 2.24) is 0 Å². The van der Waals surface area contributed by atoms with Crippen LogP contribution >= 0.6 is 33.3 Å². The van der Waals surface area contributed by atoms with Gasteiger partial charge in [-0.2, -0.15) is 0 Å². The van der Waals surface area contributed by atoms with Crippen molar-refractivity contribution in [3.63, 3.8) is 0 Å². The van der Waals surface area contributed by atoms with Gasteiger partial charge in [-0.05, 0) is 35.1 Å². The van der Waals surface area contributed by atoms with E-state index in [4.69, 9.17) is 10.7 Å². The van der Waals surface area contributed by atoms with Crippen LogP contribution in [-0.4, -0.2) is 13.3 Å². The zero-order valence-corrected chi connectivity index (χ0v) is 11.1. The minimum atomic E-state index is -3.95. The zero-order valence-electron chi connectivity index (χ0n) is 7.40. The van der Waals surface area contributed by atoms with Gasteiger partial charge in [0.2, 0.25) is 0 Å². The second kappa shape index (κ2) is 4.22. The topological polar surface area (TPSA) is 77.3 Å². The van der Waals surface area contributed by atoms with Gasteiger partial charge in [0, 0.05) is 26.4 Å². The molecule has 0 fully saturated rings. The number of non-ortho nitro benzene ring substituents is 1. The summed E-state index contributed by atoms with van der Waals surface area (Å²) in [5, 5.41) is 10.5. The van der Waals surface area contributed by atoms with Gasteiger partial charge in [0.05, 0.1) is 4.92 Å². The fourth-order valence-electron chi connectivity index (χ4n) is 1.00. The molecule has 0 aliphatic heterocycles. The van der Waals surface area contributed by atoms with Crippen molar-refractivity contribution in [2.75, 3.05) is 0 Å². The molecule has 5 nitrogen and oxygen atoms in total. The first-order valence-corrected chi connectivity index (χ1v) is 7.01. The molecule has 1 rings (SSSR count). The van der Waals surface area contributed by atoms with Crippen molar-refractivity contribution in [3.8, 4) is 0 Å². The van der Waals surface area contributed by atoms with Crippen LogP contribution in [0.15, 0.2) is 17.0 Å². The molecular weight excluding hydrogens is 357 g/mol. The van der Waals surface area contributed by atoms with Gasteiger partial charge in [0.1, 0.15) is 4.90 Å². The van der Waals surface area contributed by atoms with Crippen LogP contribution in [0.4, 0.5) is 5.69 Å². The molecule has 0 N–H and O–H groups in total. The summed E-state index contributed by atoms with van der Waals surface area (Å²) in [4.78, 5) is 9.63. The first-order chi connectivity index (χ1) is 6.73. The van der Waals surface area contributed by atoms with Gasteiger partial charge < -0.3 is 0 Å². The zero-order chi connectivity index (χ0) is 11.8. The number of hydrogen-bond acceptors (Lipinski definition) is 4. The molecule has 1 aromatic rings. The average Bonchev–Trinajstić information content (AvgIpc) is 2.06. The number of nitrogens with zero attached hydrogens (tertiary/aromatic N) is 1. The van der Waals surface area contributed by atoms with Crippen LogP contribution in [0.3, 0.4) is 0 Å². The Morgan fingerprint density at radius 3 is 2.40 bits per heavy atom. The molecule has 82 valence electrons. The molecule has 15 heavy (non-hydrogen) atoms. The number of rotatable bonds is 2. The van der Waals surface area contributed by atoms with Crippen LogP contribution in [-0.2, 0) is 9.05 Å². The summed E-state index contributed by atoms with van der Waals surface area (Å²) >= 11 is 1.78. The van der Waals surface area contributed by atoms with Crippen molar-refractivity contribution in [2.24, 2.45) is 0 Å². The summed E-state index contributed by atoms with van der Waals surface area (Å²) in [5.41, 5.74) is 0.219. The van der Waals surface area contributed by atoms with Gasteiger partial charge in [-0.1, -0.05) is 0 Å². The Balaban J connectivity index is 3.59. The third-order valence-electron chi connectivity index (χ3n) is 1.68. The smallest absolute Gasteiger partial charge is 0.258 e. The number of aryl methyl sites for hydroxylation is 1. The highest BCUT2D eigenvalue weighted by Gasteiger charge is 2.20. The summed E-state index contributed by atoms with van der Waals surface area (Å²) < 4.78 is 22.6. The number of halogens is 2.